The monoisotopic (exact) mass is 228 g/mol. The van der Waals surface area contributed by atoms with Gasteiger partial charge in [0.1, 0.15) is 6.04 Å². The number of methoxy groups -OCH3 is 1. The second-order valence-corrected chi connectivity index (χ2v) is 4.76. The van der Waals surface area contributed by atoms with Gasteiger partial charge in [-0.2, -0.15) is 0 Å². The molecule has 0 heterocycles. The van der Waals surface area contributed by atoms with Crippen LogP contribution < -0.4 is 11.1 Å². The van der Waals surface area contributed by atoms with E-state index in [2.05, 4.69) is 12.2 Å². The SMILES string of the molecule is COCC(N)C(=O)N[C@@H](C)C1CCCCC1. The van der Waals surface area contributed by atoms with Crippen molar-refractivity contribution < 1.29 is 9.53 Å². The fourth-order valence-corrected chi connectivity index (χ4v) is 2.34. The zero-order chi connectivity index (χ0) is 12.0. The number of hydrogen-bond donors (Lipinski definition) is 2. The third kappa shape index (κ3) is 4.10. The van der Waals surface area contributed by atoms with Crippen molar-refractivity contribution in [1.82, 2.24) is 5.32 Å². The molecule has 16 heavy (non-hydrogen) atoms. The van der Waals surface area contributed by atoms with Crippen LogP contribution in [0.25, 0.3) is 0 Å². The zero-order valence-corrected chi connectivity index (χ0v) is 10.4. The van der Waals surface area contributed by atoms with Gasteiger partial charge >= 0.3 is 0 Å². The Labute approximate surface area is 97.9 Å². The zero-order valence-electron chi connectivity index (χ0n) is 10.4. The lowest BCUT2D eigenvalue weighted by molar-refractivity contribution is -0.124. The van der Waals surface area contributed by atoms with Gasteiger partial charge in [-0.25, -0.2) is 0 Å². The van der Waals surface area contributed by atoms with E-state index in [0.717, 1.165) is 0 Å². The number of carbonyl (C=O) groups is 1. The highest BCUT2D eigenvalue weighted by Gasteiger charge is 2.23. The molecule has 0 aromatic carbocycles. The summed E-state index contributed by atoms with van der Waals surface area (Å²) < 4.78 is 4.87. The average molecular weight is 228 g/mol. The third-order valence-electron chi connectivity index (χ3n) is 3.41. The van der Waals surface area contributed by atoms with E-state index < -0.39 is 6.04 Å². The van der Waals surface area contributed by atoms with Crippen LogP contribution in [0.5, 0.6) is 0 Å². The van der Waals surface area contributed by atoms with Crippen LogP contribution in [-0.4, -0.2) is 31.7 Å². The molecule has 1 saturated carbocycles. The number of carbonyl (C=O) groups excluding carboxylic acids is 1. The van der Waals surface area contributed by atoms with Gasteiger partial charge in [-0.1, -0.05) is 19.3 Å². The van der Waals surface area contributed by atoms with E-state index in [1.165, 1.54) is 32.1 Å². The molecule has 4 nitrogen and oxygen atoms in total. The van der Waals surface area contributed by atoms with Gasteiger partial charge in [-0.15, -0.1) is 0 Å². The molecule has 1 fully saturated rings. The molecule has 1 aliphatic rings. The first kappa shape index (κ1) is 13.5. The van der Waals surface area contributed by atoms with Gasteiger partial charge in [0.15, 0.2) is 0 Å². The fraction of sp³-hybridized carbons (Fsp3) is 0.917. The van der Waals surface area contributed by atoms with E-state index in [9.17, 15) is 4.79 Å². The first-order valence-corrected chi connectivity index (χ1v) is 6.20. The predicted octanol–water partition coefficient (Wildman–Crippen LogP) is 1.05. The lowest BCUT2D eigenvalue weighted by atomic mass is 9.84. The highest BCUT2D eigenvalue weighted by molar-refractivity contribution is 5.81. The Bertz CT molecular complexity index is 215. The van der Waals surface area contributed by atoms with Crippen molar-refractivity contribution in [3.8, 4) is 0 Å². The molecule has 2 atom stereocenters. The van der Waals surface area contributed by atoms with E-state index in [1.54, 1.807) is 7.11 Å². The van der Waals surface area contributed by atoms with Crippen LogP contribution in [0.3, 0.4) is 0 Å². The minimum Gasteiger partial charge on any atom is -0.383 e. The lowest BCUT2D eigenvalue weighted by Gasteiger charge is -2.29. The first-order valence-electron chi connectivity index (χ1n) is 6.20. The van der Waals surface area contributed by atoms with E-state index in [-0.39, 0.29) is 18.6 Å². The van der Waals surface area contributed by atoms with E-state index >= 15 is 0 Å². The second kappa shape index (κ2) is 6.86. The summed E-state index contributed by atoms with van der Waals surface area (Å²) in [5, 5.41) is 2.99. The largest absolute Gasteiger partial charge is 0.383 e. The Balaban J connectivity index is 2.31. The van der Waals surface area contributed by atoms with Crippen molar-refractivity contribution in [3.63, 3.8) is 0 Å². The maximum absolute atomic E-state index is 11.7. The Hall–Kier alpha value is -0.610. The van der Waals surface area contributed by atoms with Crippen molar-refractivity contribution >= 4 is 5.91 Å². The normalized spacial score (nSPS) is 21.4. The predicted molar refractivity (Wildman–Crippen MR) is 64.0 cm³/mol. The lowest BCUT2D eigenvalue weighted by Crippen LogP contribution is -2.48. The highest BCUT2D eigenvalue weighted by atomic mass is 16.5. The molecule has 0 aromatic rings. The molecule has 4 heteroatoms. The van der Waals surface area contributed by atoms with Gasteiger partial charge in [-0.3, -0.25) is 4.79 Å². The van der Waals surface area contributed by atoms with Crippen molar-refractivity contribution in [3.05, 3.63) is 0 Å². The third-order valence-corrected chi connectivity index (χ3v) is 3.41. The summed E-state index contributed by atoms with van der Waals surface area (Å²) in [6.45, 7) is 2.36. The summed E-state index contributed by atoms with van der Waals surface area (Å²) in [6, 6.07) is -0.313. The quantitative estimate of drug-likeness (QED) is 0.739. The first-order chi connectivity index (χ1) is 7.65. The van der Waals surface area contributed by atoms with E-state index in [1.807, 2.05) is 0 Å². The Morgan fingerprint density at radius 1 is 1.44 bits per heavy atom. The molecular formula is C12H24N2O2. The van der Waals surface area contributed by atoms with Gasteiger partial charge in [0.05, 0.1) is 6.61 Å². The Kier molecular flexibility index (Phi) is 5.77. The maximum atomic E-state index is 11.7. The number of nitrogens with one attached hydrogen (secondary N) is 1. The summed E-state index contributed by atoms with van der Waals surface area (Å²) >= 11 is 0. The molecule has 0 bridgehead atoms. The second-order valence-electron chi connectivity index (χ2n) is 4.76. The van der Waals surface area contributed by atoms with Crippen molar-refractivity contribution in [2.75, 3.05) is 13.7 Å². The van der Waals surface area contributed by atoms with E-state index in [0.29, 0.717) is 5.92 Å². The fourth-order valence-electron chi connectivity index (χ4n) is 2.34. The van der Waals surface area contributed by atoms with Crippen LogP contribution in [0.15, 0.2) is 0 Å². The van der Waals surface area contributed by atoms with E-state index in [4.69, 9.17) is 10.5 Å². The van der Waals surface area contributed by atoms with Gasteiger partial charge in [-0.05, 0) is 25.7 Å². The summed E-state index contributed by atoms with van der Waals surface area (Å²) in [5.74, 6) is 0.521. The molecule has 94 valence electrons. The number of ether oxygens (including phenoxy) is 1. The average Bonchev–Trinajstić information content (AvgIpc) is 2.30. The number of hydrogen-bond acceptors (Lipinski definition) is 3. The van der Waals surface area contributed by atoms with Crippen LogP contribution in [0.4, 0.5) is 0 Å². The Morgan fingerprint density at radius 3 is 2.62 bits per heavy atom. The summed E-state index contributed by atoms with van der Waals surface area (Å²) in [6.07, 6.45) is 6.35. The molecule has 0 radical (unpaired) electrons. The van der Waals surface area contributed by atoms with Gasteiger partial charge in [0.25, 0.3) is 0 Å². The number of rotatable bonds is 5. The number of nitrogens with two attached hydrogens (primary N) is 1. The molecule has 0 spiro atoms. The highest BCUT2D eigenvalue weighted by Crippen LogP contribution is 2.26. The topological polar surface area (TPSA) is 64.3 Å². The summed E-state index contributed by atoms with van der Waals surface area (Å²) in [7, 11) is 1.55. The number of amides is 1. The standard InChI is InChI=1S/C12H24N2O2/c1-9(10-6-4-3-5-7-10)14-12(15)11(13)8-16-2/h9-11H,3-8,13H2,1-2H3,(H,14,15)/t9-,11?/m0/s1. The molecule has 1 unspecified atom stereocenters. The maximum Gasteiger partial charge on any atom is 0.239 e. The molecule has 3 N–H and O–H groups in total. The molecule has 1 amide bonds. The van der Waals surface area contributed by atoms with Crippen molar-refractivity contribution in [1.29, 1.82) is 0 Å². The van der Waals surface area contributed by atoms with Crippen LogP contribution >= 0.6 is 0 Å². The van der Waals surface area contributed by atoms with Crippen LogP contribution in [0.2, 0.25) is 0 Å². The molecule has 1 aliphatic carbocycles. The summed E-state index contributed by atoms with van der Waals surface area (Å²) in [5.41, 5.74) is 5.67. The minimum absolute atomic E-state index is 0.0973. The van der Waals surface area contributed by atoms with Gasteiger partial charge in [0, 0.05) is 13.2 Å². The van der Waals surface area contributed by atoms with Gasteiger partial charge in [0.2, 0.25) is 5.91 Å². The molecule has 0 saturated heterocycles. The molecular weight excluding hydrogens is 204 g/mol. The van der Waals surface area contributed by atoms with Crippen LogP contribution in [0.1, 0.15) is 39.0 Å². The molecule has 1 rings (SSSR count). The molecule has 0 aliphatic heterocycles. The Morgan fingerprint density at radius 2 is 2.06 bits per heavy atom. The van der Waals surface area contributed by atoms with Crippen LogP contribution in [0, 0.1) is 5.92 Å². The molecule has 0 aromatic heterocycles. The van der Waals surface area contributed by atoms with Crippen molar-refractivity contribution in [2.45, 2.75) is 51.1 Å². The van der Waals surface area contributed by atoms with Gasteiger partial charge < -0.3 is 15.8 Å². The van der Waals surface area contributed by atoms with Crippen molar-refractivity contribution in [2.24, 2.45) is 11.7 Å². The van der Waals surface area contributed by atoms with Crippen LogP contribution in [-0.2, 0) is 9.53 Å². The smallest absolute Gasteiger partial charge is 0.239 e. The minimum atomic E-state index is -0.545. The summed E-state index contributed by atoms with van der Waals surface area (Å²) in [4.78, 5) is 11.7.